The molecule has 5 amide bonds. The molecule has 88 heavy (non-hydrogen) atoms. The zero-order valence-electron chi connectivity index (χ0n) is 52.2. The number of hydrogen-bond donors (Lipinski definition) is 2. The maximum atomic E-state index is 13.1. The molecular formula is C65H87ClF6N6O10. The van der Waals surface area contributed by atoms with Gasteiger partial charge in [0.05, 0.1) is 12.1 Å². The van der Waals surface area contributed by atoms with Gasteiger partial charge in [-0.3, -0.25) is 14.5 Å². The van der Waals surface area contributed by atoms with Crippen molar-refractivity contribution in [2.24, 2.45) is 11.8 Å². The molecule has 4 aliphatic rings. The average molecular weight is 1260 g/mol. The molecule has 23 heteroatoms. The minimum Gasteiger partial charge on any atom is -0.449 e. The van der Waals surface area contributed by atoms with Gasteiger partial charge >= 0.3 is 47.9 Å². The first-order valence-corrected chi connectivity index (χ1v) is 30.1. The van der Waals surface area contributed by atoms with Crippen LogP contribution >= 0.6 is 11.6 Å². The third kappa shape index (κ3) is 24.3. The van der Waals surface area contributed by atoms with Gasteiger partial charge in [0.15, 0.2) is 0 Å². The Bertz CT molecular complexity index is 2840. The average Bonchev–Trinajstić information content (AvgIpc) is 3.47. The zero-order chi connectivity index (χ0) is 65.3. The molecule has 0 aliphatic carbocycles. The molecule has 4 aliphatic heterocycles. The van der Waals surface area contributed by atoms with Crippen molar-refractivity contribution < 1.29 is 74.1 Å². The lowest BCUT2D eigenvalue weighted by Crippen LogP contribution is -2.46. The quantitative estimate of drug-likeness (QED) is 0.0604. The number of carbonyl (C=O) groups is 6. The van der Waals surface area contributed by atoms with Gasteiger partial charge in [0, 0.05) is 68.5 Å². The maximum Gasteiger partial charge on any atom is 0.471 e. The van der Waals surface area contributed by atoms with Crippen molar-refractivity contribution in [1.29, 1.82) is 0 Å². The smallest absolute Gasteiger partial charge is 0.449 e. The summed E-state index contributed by atoms with van der Waals surface area (Å²) < 4.78 is 99.7. The lowest BCUT2D eigenvalue weighted by Gasteiger charge is -2.33. The first kappa shape index (κ1) is 71.9. The Morgan fingerprint density at radius 3 is 1.30 bits per heavy atom. The van der Waals surface area contributed by atoms with Crippen molar-refractivity contribution in [3.05, 3.63) is 131 Å². The van der Waals surface area contributed by atoms with E-state index in [1.54, 1.807) is 36.6 Å². The predicted molar refractivity (Wildman–Crippen MR) is 322 cm³/mol. The summed E-state index contributed by atoms with van der Waals surface area (Å²) in [6.45, 7) is 22.4. The summed E-state index contributed by atoms with van der Waals surface area (Å²) in [4.78, 5) is 79.0. The highest BCUT2D eigenvalue weighted by atomic mass is 35.5. The van der Waals surface area contributed by atoms with E-state index in [-0.39, 0.29) is 50.7 Å². The predicted octanol–water partition coefficient (Wildman–Crippen LogP) is 14.1. The third-order valence-electron chi connectivity index (χ3n) is 15.4. The molecule has 3 aromatic carbocycles. The van der Waals surface area contributed by atoms with Crippen LogP contribution in [0.1, 0.15) is 137 Å². The molecule has 0 aromatic heterocycles. The van der Waals surface area contributed by atoms with Crippen LogP contribution in [-0.2, 0) is 48.3 Å². The summed E-state index contributed by atoms with van der Waals surface area (Å²) in [6, 6.07) is 27.1. The largest absolute Gasteiger partial charge is 0.471 e. The molecule has 7 rings (SSSR count). The summed E-state index contributed by atoms with van der Waals surface area (Å²) in [7, 11) is 0. The third-order valence-corrected chi connectivity index (χ3v) is 15.5. The van der Waals surface area contributed by atoms with Crippen LogP contribution in [0.3, 0.4) is 0 Å². The van der Waals surface area contributed by atoms with E-state index in [4.69, 9.17) is 25.8 Å². The highest BCUT2D eigenvalue weighted by molar-refractivity contribution is 6.61. The number of hydrogen-bond acceptors (Lipinski definition) is 11. The molecule has 4 heterocycles. The second kappa shape index (κ2) is 31.6. The van der Waals surface area contributed by atoms with Crippen LogP contribution < -0.4 is 10.6 Å². The fraction of sp³-hybridized carbons (Fsp3) is 0.569. The SMILES string of the molecule is CC(C)(C)OC(=O)N1C[C@@H](CCC(NC(=O)C(F)(F)F)C2=CCN(C(=O)OCc3ccccc3)CC2)CC1(C)C.CC(C)(C)OC(=O)N1C[C@@H](CCC(NC(=O)C(F)(F)F)C2=CCN(Cc3ccccc3)CC2)CC1(C)C.O=C(Cl)OCc1ccccc1. The number of halogens is 7. The van der Waals surface area contributed by atoms with Crippen LogP contribution in [0.2, 0.25) is 0 Å². The molecule has 16 nitrogen and oxygen atoms in total. The Morgan fingerprint density at radius 1 is 0.557 bits per heavy atom. The number of amides is 5. The van der Waals surface area contributed by atoms with Gasteiger partial charge in [-0.15, -0.1) is 0 Å². The highest BCUT2D eigenvalue weighted by Gasteiger charge is 2.46. The zero-order valence-corrected chi connectivity index (χ0v) is 52.9. The molecule has 4 atom stereocenters. The van der Waals surface area contributed by atoms with Gasteiger partial charge in [0.25, 0.3) is 0 Å². The Kier molecular flexibility index (Phi) is 25.8. The van der Waals surface area contributed by atoms with E-state index in [1.807, 2.05) is 133 Å². The van der Waals surface area contributed by atoms with Gasteiger partial charge < -0.3 is 44.3 Å². The summed E-state index contributed by atoms with van der Waals surface area (Å²) in [5, 5.41) is 4.40. The summed E-state index contributed by atoms with van der Waals surface area (Å²) >= 11 is 4.97. The lowest BCUT2D eigenvalue weighted by molar-refractivity contribution is -0.174. The first-order valence-electron chi connectivity index (χ1n) is 29.7. The van der Waals surface area contributed by atoms with Gasteiger partial charge in [0.2, 0.25) is 0 Å². The Labute approximate surface area is 518 Å². The minimum atomic E-state index is -5.01. The van der Waals surface area contributed by atoms with Crippen LogP contribution in [0.4, 0.5) is 45.5 Å². The molecule has 2 N–H and O–H groups in total. The number of nitrogens with zero attached hydrogens (tertiary/aromatic N) is 4. The molecule has 486 valence electrons. The van der Waals surface area contributed by atoms with E-state index in [1.165, 1.54) is 10.5 Å². The van der Waals surface area contributed by atoms with Crippen molar-refractivity contribution in [1.82, 2.24) is 30.2 Å². The number of carbonyl (C=O) groups excluding carboxylic acids is 6. The van der Waals surface area contributed by atoms with Crippen LogP contribution in [0.15, 0.2) is 114 Å². The monoisotopic (exact) mass is 1260 g/mol. The van der Waals surface area contributed by atoms with Crippen molar-refractivity contribution in [3.63, 3.8) is 0 Å². The standard InChI is InChI=1S/C29H40F3N3O5.C28H40F3N3O3.C8H7ClO2/c1-27(2,3)40-26(38)35-18-21(17-28(35,4)5)11-12-23(33-24(36)29(30,31)32)22-13-15-34(16-14-22)25(37)39-19-20-9-7-6-8-10-20;1-26(2,3)37-25(36)34-19-21(17-27(34,4)5)11-12-23(32-24(35)28(29,30)31)22-13-15-33(16-14-22)18-20-9-7-6-8-10-20;9-8(10)11-6-7-4-2-1-3-5-7/h6-10,13,21,23H,11-12,14-19H2,1-5H3,(H,33,36);6-10,13,21,23H,11-12,14-19H2,1-5H3,(H,32,35);1-5H,6H2/t2*21-,23?;/m00./s1. The fourth-order valence-electron chi connectivity index (χ4n) is 11.1. The number of nitrogens with one attached hydrogen (secondary N) is 2. The minimum absolute atomic E-state index is 0.0291. The van der Waals surface area contributed by atoms with Gasteiger partial charge in [-0.2, -0.15) is 26.3 Å². The van der Waals surface area contributed by atoms with Crippen molar-refractivity contribution in [2.75, 3.05) is 39.3 Å². The Morgan fingerprint density at radius 2 is 0.943 bits per heavy atom. The topological polar surface area (TPSA) is 176 Å². The summed E-state index contributed by atoms with van der Waals surface area (Å²) in [6.07, 6.45) is -3.57. The van der Waals surface area contributed by atoms with Gasteiger partial charge in [-0.05, 0) is 160 Å². The Balaban J connectivity index is 0.000000273. The second-order valence-corrected chi connectivity index (χ2v) is 26.2. The van der Waals surface area contributed by atoms with E-state index in [2.05, 4.69) is 32.4 Å². The van der Waals surface area contributed by atoms with E-state index in [0.29, 0.717) is 70.3 Å². The van der Waals surface area contributed by atoms with Crippen LogP contribution in [0, 0.1) is 11.8 Å². The molecule has 0 spiro atoms. The lowest BCUT2D eigenvalue weighted by atomic mass is 9.89. The molecule has 2 fully saturated rings. The maximum absolute atomic E-state index is 13.1. The van der Waals surface area contributed by atoms with E-state index >= 15 is 0 Å². The molecule has 2 saturated heterocycles. The molecular weight excluding hydrogens is 1170 g/mol. The number of ether oxygens (including phenoxy) is 4. The first-order chi connectivity index (χ1) is 41.0. The van der Waals surface area contributed by atoms with Crippen molar-refractivity contribution in [3.8, 4) is 0 Å². The van der Waals surface area contributed by atoms with E-state index in [0.717, 1.165) is 29.7 Å². The van der Waals surface area contributed by atoms with Gasteiger partial charge in [-0.25, -0.2) is 19.2 Å². The molecule has 0 bridgehead atoms. The second-order valence-electron chi connectivity index (χ2n) is 25.9. The highest BCUT2D eigenvalue weighted by Crippen LogP contribution is 2.39. The number of likely N-dealkylation sites (tertiary alicyclic amines) is 2. The summed E-state index contributed by atoms with van der Waals surface area (Å²) in [5.41, 5.74) is 1.53. The number of benzene rings is 3. The van der Waals surface area contributed by atoms with Crippen LogP contribution in [0.5, 0.6) is 0 Å². The number of rotatable bonds is 16. The molecule has 0 saturated carbocycles. The van der Waals surface area contributed by atoms with Crippen molar-refractivity contribution >= 4 is 47.1 Å². The molecule has 2 unspecified atom stereocenters. The number of alkyl halides is 6. The normalized spacial score (nSPS) is 19.2. The van der Waals surface area contributed by atoms with Crippen LogP contribution in [0.25, 0.3) is 0 Å². The summed E-state index contributed by atoms with van der Waals surface area (Å²) in [5.74, 6) is -3.77. The fourth-order valence-corrected chi connectivity index (χ4v) is 11.2. The molecule has 0 radical (unpaired) electrons. The molecule has 3 aromatic rings. The van der Waals surface area contributed by atoms with Gasteiger partial charge in [-0.1, -0.05) is 103 Å². The van der Waals surface area contributed by atoms with Gasteiger partial charge in [0.1, 0.15) is 24.4 Å². The van der Waals surface area contributed by atoms with E-state index < -0.39 is 76.1 Å². The van der Waals surface area contributed by atoms with Crippen molar-refractivity contribution in [2.45, 2.75) is 187 Å². The Hall–Kier alpha value is -6.81. The van der Waals surface area contributed by atoms with Crippen LogP contribution in [-0.4, -0.2) is 141 Å². The van der Waals surface area contributed by atoms with E-state index in [9.17, 15) is 55.1 Å².